The molecule has 0 saturated heterocycles. The van der Waals surface area contributed by atoms with E-state index in [1.54, 1.807) is 30.3 Å². The van der Waals surface area contributed by atoms with Crippen molar-refractivity contribution in [2.24, 2.45) is 0 Å². The summed E-state index contributed by atoms with van der Waals surface area (Å²) < 4.78 is 14.4. The van der Waals surface area contributed by atoms with E-state index in [4.69, 9.17) is 0 Å². The Morgan fingerprint density at radius 3 is 2.29 bits per heavy atom. The van der Waals surface area contributed by atoms with E-state index in [0.717, 1.165) is 4.47 Å². The zero-order chi connectivity index (χ0) is 12.4. The van der Waals surface area contributed by atoms with Crippen molar-refractivity contribution in [3.63, 3.8) is 0 Å². The summed E-state index contributed by atoms with van der Waals surface area (Å²) in [6, 6.07) is 11.4. The van der Waals surface area contributed by atoms with Gasteiger partial charge in [0.15, 0.2) is 5.78 Å². The summed E-state index contributed by atoms with van der Waals surface area (Å²) in [7, 11) is 0. The fourth-order valence-corrected chi connectivity index (χ4v) is 2.14. The molecule has 1 nitrogen and oxygen atoms in total. The molecule has 0 aromatic heterocycles. The first-order chi connectivity index (χ1) is 8.09. The summed E-state index contributed by atoms with van der Waals surface area (Å²) in [5, 5.41) is 0. The first-order valence-corrected chi connectivity index (χ1v) is 6.42. The monoisotopic (exact) mass is 356 g/mol. The number of rotatable bonds is 2. The predicted octanol–water partition coefficient (Wildman–Crippen LogP) is 4.58. The molecule has 0 amide bonds. The quantitative estimate of drug-likeness (QED) is 0.719. The second-order valence-corrected chi connectivity index (χ2v) is 5.15. The molecule has 2 aromatic rings. The van der Waals surface area contributed by atoms with Crippen LogP contribution in [0.1, 0.15) is 15.9 Å². The minimum atomic E-state index is -0.437. The van der Waals surface area contributed by atoms with Crippen LogP contribution in [0.25, 0.3) is 0 Å². The van der Waals surface area contributed by atoms with Gasteiger partial charge in [-0.25, -0.2) is 4.39 Å². The minimum Gasteiger partial charge on any atom is -0.289 e. The van der Waals surface area contributed by atoms with E-state index < -0.39 is 5.82 Å². The first-order valence-electron chi connectivity index (χ1n) is 4.84. The molecule has 0 aliphatic carbocycles. The van der Waals surface area contributed by atoms with Gasteiger partial charge in [0.25, 0.3) is 0 Å². The van der Waals surface area contributed by atoms with Crippen molar-refractivity contribution in [3.8, 4) is 0 Å². The molecule has 0 heterocycles. The van der Waals surface area contributed by atoms with Crippen LogP contribution in [0.4, 0.5) is 4.39 Å². The van der Waals surface area contributed by atoms with Crippen molar-refractivity contribution in [1.82, 2.24) is 0 Å². The lowest BCUT2D eigenvalue weighted by Crippen LogP contribution is -2.03. The third kappa shape index (κ3) is 2.64. The van der Waals surface area contributed by atoms with Crippen LogP contribution >= 0.6 is 31.9 Å². The van der Waals surface area contributed by atoms with Crippen molar-refractivity contribution >= 4 is 37.6 Å². The molecule has 0 unspecified atom stereocenters. The molecule has 0 aliphatic heterocycles. The molecule has 0 N–H and O–H groups in total. The van der Waals surface area contributed by atoms with Crippen molar-refractivity contribution in [3.05, 3.63) is 68.4 Å². The Hall–Kier alpha value is -1.00. The van der Waals surface area contributed by atoms with Crippen LogP contribution in [-0.2, 0) is 0 Å². The highest BCUT2D eigenvalue weighted by Crippen LogP contribution is 2.23. The maximum atomic E-state index is 13.3. The second-order valence-electron chi connectivity index (χ2n) is 3.44. The number of ketones is 1. The van der Waals surface area contributed by atoms with Crippen molar-refractivity contribution in [1.29, 1.82) is 0 Å². The number of hydrogen-bond donors (Lipinski definition) is 0. The van der Waals surface area contributed by atoms with Crippen molar-refractivity contribution in [2.75, 3.05) is 0 Å². The minimum absolute atomic E-state index is 0.202. The highest BCUT2D eigenvalue weighted by Gasteiger charge is 2.14. The fourth-order valence-electron chi connectivity index (χ4n) is 1.44. The Labute approximate surface area is 115 Å². The molecule has 4 heteroatoms. The molecule has 17 heavy (non-hydrogen) atoms. The van der Waals surface area contributed by atoms with Crippen LogP contribution in [0, 0.1) is 5.82 Å². The topological polar surface area (TPSA) is 17.1 Å². The van der Waals surface area contributed by atoms with E-state index in [1.807, 2.05) is 0 Å². The van der Waals surface area contributed by atoms with Gasteiger partial charge < -0.3 is 0 Å². The summed E-state index contributed by atoms with van der Waals surface area (Å²) in [6.07, 6.45) is 0. The fraction of sp³-hybridized carbons (Fsp3) is 0. The van der Waals surface area contributed by atoms with E-state index in [-0.39, 0.29) is 10.3 Å². The number of carbonyl (C=O) groups is 1. The van der Waals surface area contributed by atoms with Crippen LogP contribution in [0.5, 0.6) is 0 Å². The van der Waals surface area contributed by atoms with Crippen molar-refractivity contribution in [2.45, 2.75) is 0 Å². The van der Waals surface area contributed by atoms with Crippen LogP contribution in [0.2, 0.25) is 0 Å². The Morgan fingerprint density at radius 1 is 1.00 bits per heavy atom. The average molecular weight is 358 g/mol. The molecule has 0 fully saturated rings. The Bertz CT molecular complexity index is 564. The normalized spacial score (nSPS) is 10.3. The van der Waals surface area contributed by atoms with E-state index in [2.05, 4.69) is 31.9 Å². The zero-order valence-electron chi connectivity index (χ0n) is 8.58. The lowest BCUT2D eigenvalue weighted by Gasteiger charge is -2.04. The average Bonchev–Trinajstić information content (AvgIpc) is 2.33. The number of hydrogen-bond acceptors (Lipinski definition) is 1. The summed E-state index contributed by atoms with van der Waals surface area (Å²) in [4.78, 5) is 12.1. The molecule has 0 saturated carbocycles. The molecule has 0 radical (unpaired) electrons. The van der Waals surface area contributed by atoms with E-state index in [1.165, 1.54) is 12.1 Å². The van der Waals surface area contributed by atoms with E-state index in [0.29, 0.717) is 11.1 Å². The highest BCUT2D eigenvalue weighted by molar-refractivity contribution is 9.10. The number of benzene rings is 2. The van der Waals surface area contributed by atoms with Crippen LogP contribution in [0.3, 0.4) is 0 Å². The largest absolute Gasteiger partial charge is 0.289 e. The molecule has 0 atom stereocenters. The molecule has 86 valence electrons. The third-order valence-corrected chi connectivity index (χ3v) is 3.64. The van der Waals surface area contributed by atoms with E-state index in [9.17, 15) is 9.18 Å². The molecule has 0 spiro atoms. The van der Waals surface area contributed by atoms with Crippen molar-refractivity contribution < 1.29 is 9.18 Å². The second kappa shape index (κ2) is 5.10. The van der Waals surface area contributed by atoms with Gasteiger partial charge in [-0.1, -0.05) is 22.0 Å². The van der Waals surface area contributed by atoms with Crippen LogP contribution < -0.4 is 0 Å². The predicted molar refractivity (Wildman–Crippen MR) is 71.7 cm³/mol. The number of halogens is 3. The summed E-state index contributed by atoms with van der Waals surface area (Å²) in [5.41, 5.74) is 0.854. The van der Waals surface area contributed by atoms with Gasteiger partial charge >= 0.3 is 0 Å². The summed E-state index contributed by atoms with van der Waals surface area (Å²) in [6.45, 7) is 0. The van der Waals surface area contributed by atoms with Crippen LogP contribution in [-0.4, -0.2) is 5.78 Å². The third-order valence-electron chi connectivity index (χ3n) is 2.30. The van der Waals surface area contributed by atoms with Gasteiger partial charge in [-0.2, -0.15) is 0 Å². The van der Waals surface area contributed by atoms with Gasteiger partial charge in [0.1, 0.15) is 5.82 Å². The van der Waals surface area contributed by atoms with Gasteiger partial charge in [-0.05, 0) is 52.3 Å². The molecule has 2 aromatic carbocycles. The SMILES string of the molecule is O=C(c1ccc(Br)cc1)c1cccc(F)c1Br. The Kier molecular flexibility index (Phi) is 3.74. The molecular weight excluding hydrogens is 351 g/mol. The Balaban J connectivity index is 2.44. The van der Waals surface area contributed by atoms with Gasteiger partial charge in [0.2, 0.25) is 0 Å². The molecule has 0 aliphatic rings. The molecular formula is C13H7Br2FO. The smallest absolute Gasteiger partial charge is 0.194 e. The van der Waals surface area contributed by atoms with Gasteiger partial charge in [0.05, 0.1) is 4.47 Å². The Morgan fingerprint density at radius 2 is 1.65 bits per heavy atom. The van der Waals surface area contributed by atoms with E-state index >= 15 is 0 Å². The van der Waals surface area contributed by atoms with Gasteiger partial charge in [-0.3, -0.25) is 4.79 Å². The van der Waals surface area contributed by atoms with Gasteiger partial charge in [-0.15, -0.1) is 0 Å². The summed E-state index contributed by atoms with van der Waals surface area (Å²) in [5.74, 6) is -0.642. The highest BCUT2D eigenvalue weighted by atomic mass is 79.9. The standard InChI is InChI=1S/C13H7Br2FO/c14-9-6-4-8(5-7-9)13(17)10-2-1-3-11(16)12(10)15/h1-7H. The molecule has 0 bridgehead atoms. The number of carbonyl (C=O) groups excluding carboxylic acids is 1. The molecule has 2 rings (SSSR count). The lowest BCUT2D eigenvalue weighted by atomic mass is 10.0. The van der Waals surface area contributed by atoms with Gasteiger partial charge in [0, 0.05) is 15.6 Å². The first kappa shape index (κ1) is 12.5. The maximum Gasteiger partial charge on any atom is 0.194 e. The summed E-state index contributed by atoms with van der Waals surface area (Å²) >= 11 is 6.38. The maximum absolute atomic E-state index is 13.3. The zero-order valence-corrected chi connectivity index (χ0v) is 11.8. The lowest BCUT2D eigenvalue weighted by molar-refractivity contribution is 0.103. The van der Waals surface area contributed by atoms with Crippen LogP contribution in [0.15, 0.2) is 51.4 Å².